The summed E-state index contributed by atoms with van der Waals surface area (Å²) in [6, 6.07) is 1.72. The molecule has 2 N–H and O–H groups in total. The van der Waals surface area contributed by atoms with Crippen molar-refractivity contribution in [3.8, 4) is 0 Å². The molecule has 0 spiro atoms. The number of nitrogens with one attached hydrogen (secondary N) is 1. The summed E-state index contributed by atoms with van der Waals surface area (Å²) in [6.45, 7) is 2.82. The summed E-state index contributed by atoms with van der Waals surface area (Å²) < 4.78 is 0. The summed E-state index contributed by atoms with van der Waals surface area (Å²) >= 11 is 1.44. The lowest BCUT2D eigenvalue weighted by Crippen LogP contribution is -2.33. The van der Waals surface area contributed by atoms with E-state index in [9.17, 15) is 14.4 Å². The zero-order valence-corrected chi connectivity index (χ0v) is 12.6. The molecule has 2 unspecified atom stereocenters. The average Bonchev–Trinajstić information content (AvgIpc) is 3.07. The second-order valence-electron chi connectivity index (χ2n) is 5.24. The molecule has 0 radical (unpaired) electrons. The van der Waals surface area contributed by atoms with E-state index in [0.29, 0.717) is 12.1 Å². The fourth-order valence-corrected chi connectivity index (χ4v) is 3.06. The molecule has 1 aliphatic heterocycles. The Bertz CT molecular complexity index is 529. The number of carboxylic acids is 1. The van der Waals surface area contributed by atoms with Gasteiger partial charge in [0.25, 0.3) is 5.91 Å². The number of hydrogen-bond acceptors (Lipinski definition) is 4. The number of likely N-dealkylation sites (tertiary alicyclic amines) is 1. The maximum absolute atomic E-state index is 12.0. The second kappa shape index (κ2) is 6.71. The quantitative estimate of drug-likeness (QED) is 0.851. The molecule has 1 saturated heterocycles. The van der Waals surface area contributed by atoms with Crippen LogP contribution < -0.4 is 5.32 Å². The first-order valence-electron chi connectivity index (χ1n) is 6.80. The van der Waals surface area contributed by atoms with Crippen LogP contribution in [0, 0.1) is 11.8 Å². The van der Waals surface area contributed by atoms with Gasteiger partial charge in [0.05, 0.1) is 5.92 Å². The topological polar surface area (TPSA) is 86.7 Å². The molecule has 2 amide bonds. The summed E-state index contributed by atoms with van der Waals surface area (Å²) in [6.07, 6.45) is 0.189. The van der Waals surface area contributed by atoms with Gasteiger partial charge in [-0.3, -0.25) is 14.4 Å². The number of nitrogens with zero attached hydrogens (tertiary/aromatic N) is 1. The molecule has 2 heterocycles. The van der Waals surface area contributed by atoms with Gasteiger partial charge in [-0.15, -0.1) is 0 Å². The molecule has 0 saturated carbocycles. The number of carbonyl (C=O) groups is 3. The molecule has 0 aliphatic carbocycles. The smallest absolute Gasteiger partial charge is 0.308 e. The standard InChI is InChI=1S/C14H18N2O4S/c1-9-6-16(7-11(9)14(19)20)12(17)2-4-15-13(18)10-3-5-21-8-10/h3,5,8-9,11H,2,4,6-7H2,1H3,(H,15,18)(H,19,20). The zero-order chi connectivity index (χ0) is 15.4. The van der Waals surface area contributed by atoms with Crippen molar-refractivity contribution in [2.75, 3.05) is 19.6 Å². The van der Waals surface area contributed by atoms with Crippen LogP contribution in [0.2, 0.25) is 0 Å². The average molecular weight is 310 g/mol. The molecule has 114 valence electrons. The van der Waals surface area contributed by atoms with E-state index in [2.05, 4.69) is 5.32 Å². The number of carbonyl (C=O) groups excluding carboxylic acids is 2. The fraction of sp³-hybridized carbons (Fsp3) is 0.500. The van der Waals surface area contributed by atoms with Crippen LogP contribution in [0.4, 0.5) is 0 Å². The highest BCUT2D eigenvalue weighted by molar-refractivity contribution is 7.08. The van der Waals surface area contributed by atoms with Gasteiger partial charge in [-0.25, -0.2) is 0 Å². The van der Waals surface area contributed by atoms with Crippen LogP contribution in [0.25, 0.3) is 0 Å². The third-order valence-corrected chi connectivity index (χ3v) is 4.37. The first-order chi connectivity index (χ1) is 9.99. The highest BCUT2D eigenvalue weighted by Gasteiger charge is 2.36. The number of hydrogen-bond donors (Lipinski definition) is 2. The molecule has 1 fully saturated rings. The van der Waals surface area contributed by atoms with Crippen molar-refractivity contribution >= 4 is 29.1 Å². The summed E-state index contributed by atoms with van der Waals surface area (Å²) in [5.41, 5.74) is 0.591. The Kier molecular flexibility index (Phi) is 4.95. The molecule has 1 aliphatic rings. The number of carboxylic acid groups (broad SMARTS) is 1. The number of rotatable bonds is 5. The van der Waals surface area contributed by atoms with Gasteiger partial charge in [0.2, 0.25) is 5.91 Å². The summed E-state index contributed by atoms with van der Waals surface area (Å²) in [5.74, 6) is -1.69. The lowest BCUT2D eigenvalue weighted by Gasteiger charge is -2.15. The SMILES string of the molecule is CC1CN(C(=O)CCNC(=O)c2ccsc2)CC1C(=O)O. The molecule has 0 aromatic carbocycles. The molecule has 7 heteroatoms. The second-order valence-corrected chi connectivity index (χ2v) is 6.02. The summed E-state index contributed by atoms with van der Waals surface area (Å²) in [7, 11) is 0. The van der Waals surface area contributed by atoms with Crippen LogP contribution in [0.3, 0.4) is 0 Å². The van der Waals surface area contributed by atoms with Crippen molar-refractivity contribution in [3.05, 3.63) is 22.4 Å². The van der Waals surface area contributed by atoms with E-state index >= 15 is 0 Å². The van der Waals surface area contributed by atoms with Crippen molar-refractivity contribution in [3.63, 3.8) is 0 Å². The monoisotopic (exact) mass is 310 g/mol. The minimum atomic E-state index is -0.858. The van der Waals surface area contributed by atoms with Gasteiger partial charge < -0.3 is 15.3 Å². The van der Waals surface area contributed by atoms with Crippen LogP contribution in [0.1, 0.15) is 23.7 Å². The Balaban J connectivity index is 1.75. The Morgan fingerprint density at radius 2 is 2.19 bits per heavy atom. The van der Waals surface area contributed by atoms with Crippen LogP contribution in [-0.2, 0) is 9.59 Å². The van der Waals surface area contributed by atoms with E-state index < -0.39 is 11.9 Å². The third-order valence-electron chi connectivity index (χ3n) is 3.69. The third kappa shape index (κ3) is 3.81. The van der Waals surface area contributed by atoms with Gasteiger partial charge in [-0.05, 0) is 17.4 Å². The van der Waals surface area contributed by atoms with Crippen molar-refractivity contribution in [1.29, 1.82) is 0 Å². The predicted octanol–water partition coefficient (Wildman–Crippen LogP) is 1.05. The molecule has 2 atom stereocenters. The molecule has 2 rings (SSSR count). The van der Waals surface area contributed by atoms with Crippen molar-refractivity contribution in [2.45, 2.75) is 13.3 Å². The van der Waals surface area contributed by atoms with E-state index in [-0.39, 0.29) is 37.2 Å². The van der Waals surface area contributed by atoms with E-state index in [0.717, 1.165) is 0 Å². The van der Waals surface area contributed by atoms with Gasteiger partial charge in [0.15, 0.2) is 0 Å². The Labute approximate surface area is 126 Å². The summed E-state index contributed by atoms with van der Waals surface area (Å²) in [5, 5.41) is 15.3. The molecule has 6 nitrogen and oxygen atoms in total. The Morgan fingerprint density at radius 3 is 2.76 bits per heavy atom. The fourth-order valence-electron chi connectivity index (χ4n) is 2.43. The normalized spacial score (nSPS) is 21.3. The lowest BCUT2D eigenvalue weighted by molar-refractivity contribution is -0.142. The maximum atomic E-state index is 12.0. The van der Waals surface area contributed by atoms with E-state index in [4.69, 9.17) is 5.11 Å². The lowest BCUT2D eigenvalue weighted by atomic mass is 9.99. The highest BCUT2D eigenvalue weighted by atomic mass is 32.1. The van der Waals surface area contributed by atoms with Gasteiger partial charge in [-0.2, -0.15) is 11.3 Å². The largest absolute Gasteiger partial charge is 0.481 e. The molecular formula is C14H18N2O4S. The number of thiophene rings is 1. The van der Waals surface area contributed by atoms with Gasteiger partial charge in [-0.1, -0.05) is 6.92 Å². The predicted molar refractivity (Wildman–Crippen MR) is 78.1 cm³/mol. The Morgan fingerprint density at radius 1 is 1.43 bits per heavy atom. The molecule has 21 heavy (non-hydrogen) atoms. The van der Waals surface area contributed by atoms with Crippen molar-refractivity contribution in [1.82, 2.24) is 10.2 Å². The molecular weight excluding hydrogens is 292 g/mol. The van der Waals surface area contributed by atoms with Crippen molar-refractivity contribution < 1.29 is 19.5 Å². The highest BCUT2D eigenvalue weighted by Crippen LogP contribution is 2.23. The van der Waals surface area contributed by atoms with Gasteiger partial charge in [0, 0.05) is 37.0 Å². The Hall–Kier alpha value is -1.89. The minimum Gasteiger partial charge on any atom is -0.481 e. The maximum Gasteiger partial charge on any atom is 0.308 e. The first kappa shape index (κ1) is 15.5. The van der Waals surface area contributed by atoms with Crippen LogP contribution in [0.5, 0.6) is 0 Å². The molecule has 1 aromatic rings. The summed E-state index contributed by atoms with van der Waals surface area (Å²) in [4.78, 5) is 36.3. The first-order valence-corrected chi connectivity index (χ1v) is 7.74. The van der Waals surface area contributed by atoms with E-state index in [1.807, 2.05) is 12.3 Å². The van der Waals surface area contributed by atoms with Gasteiger partial charge in [0.1, 0.15) is 0 Å². The minimum absolute atomic E-state index is 0.0353. The van der Waals surface area contributed by atoms with E-state index in [1.165, 1.54) is 11.3 Å². The molecule has 0 bridgehead atoms. The van der Waals surface area contributed by atoms with E-state index in [1.54, 1.807) is 16.3 Å². The molecule has 1 aromatic heterocycles. The van der Waals surface area contributed by atoms with Gasteiger partial charge >= 0.3 is 5.97 Å². The van der Waals surface area contributed by atoms with Crippen LogP contribution in [0.15, 0.2) is 16.8 Å². The van der Waals surface area contributed by atoms with Crippen molar-refractivity contribution in [2.24, 2.45) is 11.8 Å². The number of amides is 2. The zero-order valence-electron chi connectivity index (χ0n) is 11.7. The number of aliphatic carboxylic acids is 1. The van der Waals surface area contributed by atoms with Crippen LogP contribution >= 0.6 is 11.3 Å². The van der Waals surface area contributed by atoms with Crippen LogP contribution in [-0.4, -0.2) is 47.4 Å².